The van der Waals surface area contributed by atoms with Gasteiger partial charge in [-0.2, -0.15) is 13.9 Å². The van der Waals surface area contributed by atoms with Gasteiger partial charge in [0, 0.05) is 11.6 Å². The molecule has 0 radical (unpaired) electrons. The first-order valence-corrected chi connectivity index (χ1v) is 6.81. The van der Waals surface area contributed by atoms with Crippen molar-refractivity contribution in [1.29, 1.82) is 0 Å². The normalized spacial score (nSPS) is 13.0. The molecule has 0 saturated heterocycles. The predicted molar refractivity (Wildman–Crippen MR) is 76.7 cm³/mol. The minimum absolute atomic E-state index is 0.0348. The van der Waals surface area contributed by atoms with Crippen LogP contribution in [-0.4, -0.2) is 16.4 Å². The minimum atomic E-state index is -2.91. The molecule has 0 spiro atoms. The second kappa shape index (κ2) is 6.41. The van der Waals surface area contributed by atoms with Crippen molar-refractivity contribution in [3.05, 3.63) is 46.7 Å². The van der Waals surface area contributed by atoms with Crippen molar-refractivity contribution in [2.45, 2.75) is 32.5 Å². The SMILES string of the molecule is CC(C)n1ncc(Cl)c1C(N)c1ccccc1OC(F)F. The maximum atomic E-state index is 12.5. The van der Waals surface area contributed by atoms with Crippen LogP contribution in [0.2, 0.25) is 5.02 Å². The molecule has 1 unspecified atom stereocenters. The van der Waals surface area contributed by atoms with Gasteiger partial charge in [0.1, 0.15) is 5.75 Å². The average molecular weight is 316 g/mol. The zero-order valence-corrected chi connectivity index (χ0v) is 12.4. The molecule has 0 fully saturated rings. The highest BCUT2D eigenvalue weighted by atomic mass is 35.5. The van der Waals surface area contributed by atoms with Gasteiger partial charge in [-0.1, -0.05) is 29.8 Å². The van der Waals surface area contributed by atoms with Crippen LogP contribution in [0, 0.1) is 0 Å². The lowest BCUT2D eigenvalue weighted by Gasteiger charge is -2.20. The zero-order valence-electron chi connectivity index (χ0n) is 11.6. The summed E-state index contributed by atoms with van der Waals surface area (Å²) in [5.41, 5.74) is 7.21. The number of para-hydroxylation sites is 1. The third kappa shape index (κ3) is 3.33. The lowest BCUT2D eigenvalue weighted by Crippen LogP contribution is -2.20. The molecule has 0 aliphatic rings. The Bertz CT molecular complexity index is 616. The van der Waals surface area contributed by atoms with E-state index in [1.165, 1.54) is 12.3 Å². The van der Waals surface area contributed by atoms with Crippen LogP contribution in [0.5, 0.6) is 5.75 Å². The van der Waals surface area contributed by atoms with E-state index in [0.29, 0.717) is 16.3 Å². The third-order valence-electron chi connectivity index (χ3n) is 3.04. The van der Waals surface area contributed by atoms with E-state index in [9.17, 15) is 8.78 Å². The van der Waals surface area contributed by atoms with Gasteiger partial charge in [0.25, 0.3) is 0 Å². The third-order valence-corrected chi connectivity index (χ3v) is 3.33. The Morgan fingerprint density at radius 1 is 1.29 bits per heavy atom. The summed E-state index contributed by atoms with van der Waals surface area (Å²) in [7, 11) is 0. The van der Waals surface area contributed by atoms with E-state index in [-0.39, 0.29) is 11.8 Å². The van der Waals surface area contributed by atoms with Gasteiger partial charge in [0.05, 0.1) is 23.0 Å². The highest BCUT2D eigenvalue weighted by molar-refractivity contribution is 6.31. The smallest absolute Gasteiger partial charge is 0.387 e. The molecule has 1 aromatic carbocycles. The molecular formula is C14H16ClF2N3O. The fourth-order valence-electron chi connectivity index (χ4n) is 2.14. The molecule has 0 aliphatic heterocycles. The number of ether oxygens (including phenoxy) is 1. The van der Waals surface area contributed by atoms with Crippen LogP contribution in [0.1, 0.15) is 37.2 Å². The molecule has 0 bridgehead atoms. The van der Waals surface area contributed by atoms with E-state index < -0.39 is 12.7 Å². The molecule has 4 nitrogen and oxygen atoms in total. The first-order chi connectivity index (χ1) is 9.91. The quantitative estimate of drug-likeness (QED) is 0.914. The van der Waals surface area contributed by atoms with Crippen molar-refractivity contribution in [3.63, 3.8) is 0 Å². The molecule has 2 N–H and O–H groups in total. The van der Waals surface area contributed by atoms with Gasteiger partial charge < -0.3 is 10.5 Å². The van der Waals surface area contributed by atoms with E-state index >= 15 is 0 Å². The summed E-state index contributed by atoms with van der Waals surface area (Å²) in [5, 5.41) is 4.56. The van der Waals surface area contributed by atoms with Crippen LogP contribution in [0.15, 0.2) is 30.5 Å². The molecule has 1 heterocycles. The number of hydrogen-bond acceptors (Lipinski definition) is 3. The van der Waals surface area contributed by atoms with Gasteiger partial charge in [-0.25, -0.2) is 0 Å². The largest absolute Gasteiger partial charge is 0.434 e. The fraction of sp³-hybridized carbons (Fsp3) is 0.357. The van der Waals surface area contributed by atoms with Crippen LogP contribution in [0.25, 0.3) is 0 Å². The number of rotatable bonds is 5. The molecular weight excluding hydrogens is 300 g/mol. The Morgan fingerprint density at radius 2 is 1.95 bits per heavy atom. The van der Waals surface area contributed by atoms with Gasteiger partial charge in [0.2, 0.25) is 0 Å². The Labute approximate surface area is 126 Å². The Hall–Kier alpha value is -1.66. The van der Waals surface area contributed by atoms with E-state index in [2.05, 4.69) is 9.84 Å². The Balaban J connectivity index is 2.45. The van der Waals surface area contributed by atoms with Gasteiger partial charge in [-0.15, -0.1) is 0 Å². The average Bonchev–Trinajstić information content (AvgIpc) is 2.80. The van der Waals surface area contributed by atoms with Crippen molar-refractivity contribution in [3.8, 4) is 5.75 Å². The molecule has 1 aromatic heterocycles. The van der Waals surface area contributed by atoms with Crippen molar-refractivity contribution < 1.29 is 13.5 Å². The van der Waals surface area contributed by atoms with Crippen LogP contribution in [-0.2, 0) is 0 Å². The molecule has 21 heavy (non-hydrogen) atoms. The predicted octanol–water partition coefficient (Wildman–Crippen LogP) is 3.77. The summed E-state index contributed by atoms with van der Waals surface area (Å²) >= 11 is 6.14. The monoisotopic (exact) mass is 315 g/mol. The molecule has 0 saturated carbocycles. The van der Waals surface area contributed by atoms with E-state index in [4.69, 9.17) is 17.3 Å². The number of benzene rings is 1. The first-order valence-electron chi connectivity index (χ1n) is 6.44. The molecule has 2 aromatic rings. The number of alkyl halides is 2. The second-order valence-electron chi connectivity index (χ2n) is 4.81. The summed E-state index contributed by atoms with van der Waals surface area (Å²) in [6, 6.07) is 5.73. The van der Waals surface area contributed by atoms with E-state index in [0.717, 1.165) is 0 Å². The van der Waals surface area contributed by atoms with Crippen LogP contribution >= 0.6 is 11.6 Å². The highest BCUT2D eigenvalue weighted by Crippen LogP contribution is 2.33. The lowest BCUT2D eigenvalue weighted by atomic mass is 10.0. The number of nitrogens with zero attached hydrogens (tertiary/aromatic N) is 2. The molecule has 7 heteroatoms. The summed E-state index contributed by atoms with van der Waals surface area (Å²) in [5.74, 6) is 0.0348. The van der Waals surface area contributed by atoms with E-state index in [1.54, 1.807) is 22.9 Å². The molecule has 0 amide bonds. The number of aromatic nitrogens is 2. The molecule has 114 valence electrons. The van der Waals surface area contributed by atoms with Crippen LogP contribution in [0.4, 0.5) is 8.78 Å². The van der Waals surface area contributed by atoms with Gasteiger partial charge in [-0.05, 0) is 19.9 Å². The fourth-order valence-corrected chi connectivity index (χ4v) is 2.39. The summed E-state index contributed by atoms with van der Waals surface area (Å²) in [6.45, 7) is 0.950. The number of nitrogens with two attached hydrogens (primary N) is 1. The molecule has 1 atom stereocenters. The van der Waals surface area contributed by atoms with Gasteiger partial charge in [0.15, 0.2) is 0 Å². The zero-order chi connectivity index (χ0) is 15.6. The van der Waals surface area contributed by atoms with Crippen LogP contribution in [0.3, 0.4) is 0 Å². The van der Waals surface area contributed by atoms with Crippen molar-refractivity contribution >= 4 is 11.6 Å². The lowest BCUT2D eigenvalue weighted by molar-refractivity contribution is -0.0505. The second-order valence-corrected chi connectivity index (χ2v) is 5.22. The van der Waals surface area contributed by atoms with Crippen molar-refractivity contribution in [1.82, 2.24) is 9.78 Å². The van der Waals surface area contributed by atoms with Gasteiger partial charge in [-0.3, -0.25) is 4.68 Å². The Kier molecular flexibility index (Phi) is 4.80. The summed E-state index contributed by atoms with van der Waals surface area (Å²) in [4.78, 5) is 0. The maximum absolute atomic E-state index is 12.5. The van der Waals surface area contributed by atoms with Gasteiger partial charge >= 0.3 is 6.61 Å². The van der Waals surface area contributed by atoms with E-state index in [1.807, 2.05) is 13.8 Å². The van der Waals surface area contributed by atoms with Crippen LogP contribution < -0.4 is 10.5 Å². The maximum Gasteiger partial charge on any atom is 0.387 e. The topological polar surface area (TPSA) is 53.1 Å². The van der Waals surface area contributed by atoms with Crippen molar-refractivity contribution in [2.24, 2.45) is 5.73 Å². The first kappa shape index (κ1) is 15.7. The standard InChI is InChI=1S/C14H16ClF2N3O/c1-8(2)20-13(10(15)7-19-20)12(18)9-5-3-4-6-11(9)21-14(16)17/h3-8,12,14H,18H2,1-2H3. The minimum Gasteiger partial charge on any atom is -0.434 e. The van der Waals surface area contributed by atoms with Crippen molar-refractivity contribution in [2.75, 3.05) is 0 Å². The summed E-state index contributed by atoms with van der Waals surface area (Å²) < 4.78 is 31.2. The Morgan fingerprint density at radius 3 is 2.57 bits per heavy atom. The molecule has 0 aliphatic carbocycles. The molecule has 2 rings (SSSR count). The number of hydrogen-bond donors (Lipinski definition) is 1. The highest BCUT2D eigenvalue weighted by Gasteiger charge is 2.23. The summed E-state index contributed by atoms with van der Waals surface area (Å²) in [6.07, 6.45) is 1.49. The number of halogens is 3.